The number of likely N-dealkylation sites (tertiary alicyclic amines) is 2. The summed E-state index contributed by atoms with van der Waals surface area (Å²) >= 11 is 0. The Morgan fingerprint density at radius 2 is 1.97 bits per heavy atom. The van der Waals surface area contributed by atoms with E-state index in [2.05, 4.69) is 27.6 Å². The van der Waals surface area contributed by atoms with Gasteiger partial charge in [-0.25, -0.2) is 4.68 Å². The van der Waals surface area contributed by atoms with Crippen LogP contribution in [0.2, 0.25) is 0 Å². The van der Waals surface area contributed by atoms with Gasteiger partial charge in [0.25, 0.3) is 0 Å². The van der Waals surface area contributed by atoms with Crippen molar-refractivity contribution in [1.29, 1.82) is 0 Å². The quantitative estimate of drug-likeness (QED) is 0.668. The number of nitrogens with one attached hydrogen (secondary N) is 1. The maximum absolute atomic E-state index is 13.8. The number of amides is 2. The predicted octanol–water partition coefficient (Wildman–Crippen LogP) is 1.55. The lowest BCUT2D eigenvalue weighted by atomic mass is 9.85. The topological polar surface area (TPSA) is 104 Å². The number of aliphatic hydroxyl groups is 1. The van der Waals surface area contributed by atoms with Gasteiger partial charge in [0.2, 0.25) is 11.8 Å². The Kier molecular flexibility index (Phi) is 7.09. The van der Waals surface area contributed by atoms with Crippen LogP contribution < -0.4 is 5.32 Å². The zero-order valence-electron chi connectivity index (χ0n) is 20.5. The lowest BCUT2D eigenvalue weighted by Gasteiger charge is -2.34. The highest BCUT2D eigenvalue weighted by atomic mass is 16.3. The molecule has 1 aliphatic carbocycles. The van der Waals surface area contributed by atoms with E-state index >= 15 is 0 Å². The molecular formula is C24H40N6O3. The Hall–Kier alpha value is -2.00. The molecule has 4 rings (SSSR count). The normalized spacial score (nSPS) is 27.9. The van der Waals surface area contributed by atoms with Crippen LogP contribution in [0.3, 0.4) is 0 Å². The molecule has 3 fully saturated rings. The Bertz CT molecular complexity index is 845. The number of hydrogen-bond acceptors (Lipinski definition) is 6. The van der Waals surface area contributed by atoms with E-state index in [0.717, 1.165) is 38.0 Å². The van der Waals surface area contributed by atoms with Gasteiger partial charge in [0, 0.05) is 38.2 Å². The molecule has 1 unspecified atom stereocenters. The van der Waals surface area contributed by atoms with E-state index in [1.807, 2.05) is 27.0 Å². The molecule has 9 nitrogen and oxygen atoms in total. The first-order chi connectivity index (χ1) is 15.6. The molecule has 2 saturated heterocycles. The van der Waals surface area contributed by atoms with Crippen LogP contribution >= 0.6 is 0 Å². The Morgan fingerprint density at radius 3 is 2.67 bits per heavy atom. The molecule has 1 aromatic rings. The predicted molar refractivity (Wildman–Crippen MR) is 124 cm³/mol. The lowest BCUT2D eigenvalue weighted by Crippen LogP contribution is -2.51. The Balaban J connectivity index is 1.46. The van der Waals surface area contributed by atoms with Crippen LogP contribution in [0.25, 0.3) is 0 Å². The van der Waals surface area contributed by atoms with Crippen LogP contribution in [-0.4, -0.2) is 87.1 Å². The summed E-state index contributed by atoms with van der Waals surface area (Å²) in [6.07, 6.45) is 7.14. The molecule has 2 aliphatic heterocycles. The van der Waals surface area contributed by atoms with Crippen LogP contribution in [0.15, 0.2) is 6.20 Å². The molecular weight excluding hydrogens is 420 g/mol. The number of nitrogens with zero attached hydrogens (tertiary/aromatic N) is 5. The maximum atomic E-state index is 13.8. The Labute approximate surface area is 196 Å². The van der Waals surface area contributed by atoms with Crippen molar-refractivity contribution in [2.45, 2.75) is 83.4 Å². The third-order valence-corrected chi connectivity index (χ3v) is 7.24. The largest absolute Gasteiger partial charge is 0.391 e. The second-order valence-corrected chi connectivity index (χ2v) is 11.4. The van der Waals surface area contributed by atoms with Crippen LogP contribution in [0.4, 0.5) is 0 Å². The molecule has 0 bridgehead atoms. The molecule has 2 amide bonds. The number of β-amino-alcohol motifs (C(OH)–C–C–N with tert-alkyl or cyclic N) is 1. The summed E-state index contributed by atoms with van der Waals surface area (Å²) in [7, 11) is 2.12. The number of carbonyl (C=O) groups is 2. The van der Waals surface area contributed by atoms with E-state index in [-0.39, 0.29) is 24.8 Å². The van der Waals surface area contributed by atoms with Gasteiger partial charge in [0.15, 0.2) is 0 Å². The van der Waals surface area contributed by atoms with Crippen molar-refractivity contribution in [3.8, 4) is 0 Å². The summed E-state index contributed by atoms with van der Waals surface area (Å²) in [6, 6.07) is -1.25. The molecule has 0 spiro atoms. The SMILES string of the molecule is CN1CCCCC(CNC(=O)[C@@H]2C[C@@H](O)CN2C(=O)[C@@H](n2cc(C3CC3)nn2)C(C)(C)C)C1. The van der Waals surface area contributed by atoms with Gasteiger partial charge < -0.3 is 20.2 Å². The molecule has 33 heavy (non-hydrogen) atoms. The van der Waals surface area contributed by atoms with Gasteiger partial charge in [-0.2, -0.15) is 0 Å². The van der Waals surface area contributed by atoms with E-state index in [0.29, 0.717) is 18.4 Å². The summed E-state index contributed by atoms with van der Waals surface area (Å²) in [5.74, 6) is 0.511. The van der Waals surface area contributed by atoms with Crippen molar-refractivity contribution in [3.05, 3.63) is 11.9 Å². The number of aliphatic hydroxyl groups excluding tert-OH is 1. The summed E-state index contributed by atoms with van der Waals surface area (Å²) in [4.78, 5) is 30.8. The summed E-state index contributed by atoms with van der Waals surface area (Å²) in [6.45, 7) is 8.83. The summed E-state index contributed by atoms with van der Waals surface area (Å²) in [5, 5.41) is 22.1. The van der Waals surface area contributed by atoms with E-state index in [9.17, 15) is 14.7 Å². The molecule has 2 N–H and O–H groups in total. The molecule has 1 aromatic heterocycles. The molecule has 4 atom stereocenters. The van der Waals surface area contributed by atoms with E-state index < -0.39 is 23.6 Å². The highest BCUT2D eigenvalue weighted by molar-refractivity contribution is 5.90. The first-order valence-electron chi connectivity index (χ1n) is 12.5. The van der Waals surface area contributed by atoms with Crippen molar-refractivity contribution >= 4 is 11.8 Å². The maximum Gasteiger partial charge on any atom is 0.248 e. The average molecular weight is 461 g/mol. The van der Waals surface area contributed by atoms with E-state index in [1.165, 1.54) is 12.8 Å². The monoisotopic (exact) mass is 460 g/mol. The van der Waals surface area contributed by atoms with Crippen LogP contribution in [-0.2, 0) is 9.59 Å². The first kappa shape index (κ1) is 24.1. The fourth-order valence-corrected chi connectivity index (χ4v) is 5.29. The van der Waals surface area contributed by atoms with Crippen molar-refractivity contribution < 1.29 is 14.7 Å². The van der Waals surface area contributed by atoms with E-state index in [4.69, 9.17) is 0 Å². The fraction of sp³-hybridized carbons (Fsp3) is 0.833. The number of rotatable bonds is 6. The van der Waals surface area contributed by atoms with Gasteiger partial charge >= 0.3 is 0 Å². The first-order valence-corrected chi connectivity index (χ1v) is 12.5. The lowest BCUT2D eigenvalue weighted by molar-refractivity contribution is -0.144. The summed E-state index contributed by atoms with van der Waals surface area (Å²) < 4.78 is 1.66. The Morgan fingerprint density at radius 1 is 1.21 bits per heavy atom. The van der Waals surface area contributed by atoms with Crippen molar-refractivity contribution in [1.82, 2.24) is 30.1 Å². The van der Waals surface area contributed by atoms with Gasteiger partial charge in [-0.05, 0) is 50.6 Å². The van der Waals surface area contributed by atoms with Crippen molar-refractivity contribution in [2.24, 2.45) is 11.3 Å². The van der Waals surface area contributed by atoms with Crippen molar-refractivity contribution in [3.63, 3.8) is 0 Å². The van der Waals surface area contributed by atoms with Gasteiger partial charge in [-0.3, -0.25) is 9.59 Å². The molecule has 9 heteroatoms. The molecule has 3 aliphatic rings. The fourth-order valence-electron chi connectivity index (χ4n) is 5.29. The summed E-state index contributed by atoms with van der Waals surface area (Å²) in [5.41, 5.74) is 0.506. The standard InChI is InChI=1S/C24H40N6O3/c1-24(2,3)21(30-15-19(26-27-30)17-8-9-17)23(33)29-14-18(31)11-20(29)22(32)25-12-16-7-5-6-10-28(4)13-16/h15-18,20-21,31H,5-14H2,1-4H3,(H,25,32)/t16?,18-,20+,21-/m1/s1. The van der Waals surface area contributed by atoms with E-state index in [1.54, 1.807) is 9.58 Å². The molecule has 0 radical (unpaired) electrons. The zero-order valence-corrected chi connectivity index (χ0v) is 20.5. The van der Waals surface area contributed by atoms with Crippen LogP contribution in [0, 0.1) is 11.3 Å². The van der Waals surface area contributed by atoms with Gasteiger partial charge in [0.1, 0.15) is 12.1 Å². The minimum Gasteiger partial charge on any atom is -0.391 e. The van der Waals surface area contributed by atoms with Gasteiger partial charge in [0.05, 0.1) is 11.8 Å². The highest BCUT2D eigenvalue weighted by Crippen LogP contribution is 2.40. The zero-order chi connectivity index (χ0) is 23.8. The minimum atomic E-state index is -0.702. The van der Waals surface area contributed by atoms with Crippen LogP contribution in [0.5, 0.6) is 0 Å². The van der Waals surface area contributed by atoms with Gasteiger partial charge in [-0.1, -0.05) is 32.4 Å². The van der Waals surface area contributed by atoms with Gasteiger partial charge in [-0.15, -0.1) is 5.10 Å². The minimum absolute atomic E-state index is 0.167. The highest BCUT2D eigenvalue weighted by Gasteiger charge is 2.45. The van der Waals surface area contributed by atoms with Crippen molar-refractivity contribution in [2.75, 3.05) is 33.2 Å². The smallest absolute Gasteiger partial charge is 0.248 e. The average Bonchev–Trinajstić information content (AvgIpc) is 3.41. The molecule has 3 heterocycles. The van der Waals surface area contributed by atoms with Crippen LogP contribution in [0.1, 0.15) is 76.9 Å². The second-order valence-electron chi connectivity index (χ2n) is 11.4. The molecule has 0 aromatic carbocycles. The molecule has 184 valence electrons. The third kappa shape index (κ3) is 5.74. The second kappa shape index (κ2) is 9.70. The molecule has 1 saturated carbocycles. The third-order valence-electron chi connectivity index (χ3n) is 7.24. The number of aromatic nitrogens is 3. The number of hydrogen-bond donors (Lipinski definition) is 2. The number of carbonyl (C=O) groups excluding carboxylic acids is 2.